The van der Waals surface area contributed by atoms with Crippen LogP contribution in [0.3, 0.4) is 0 Å². The molecule has 110 valence electrons. The molecule has 0 N–H and O–H groups in total. The predicted molar refractivity (Wildman–Crippen MR) is 87.7 cm³/mol. The van der Waals surface area contributed by atoms with Crippen molar-refractivity contribution < 1.29 is 9.09 Å². The Hall–Kier alpha value is -1.37. The SMILES string of the molecule is O=P(OCC1CCCC1)(c1ccccc1)c1ccccc1. The summed E-state index contributed by atoms with van der Waals surface area (Å²) in [4.78, 5) is 0. The molecule has 0 amide bonds. The van der Waals surface area contributed by atoms with Gasteiger partial charge in [0.25, 0.3) is 7.37 Å². The van der Waals surface area contributed by atoms with Gasteiger partial charge >= 0.3 is 0 Å². The Morgan fingerprint density at radius 1 is 0.857 bits per heavy atom. The molecule has 0 bridgehead atoms. The van der Waals surface area contributed by atoms with Crippen LogP contribution in [0.5, 0.6) is 0 Å². The van der Waals surface area contributed by atoms with Gasteiger partial charge in [0.05, 0.1) is 6.61 Å². The van der Waals surface area contributed by atoms with Crippen LogP contribution in [0.1, 0.15) is 25.7 Å². The van der Waals surface area contributed by atoms with E-state index in [1.807, 2.05) is 60.7 Å². The van der Waals surface area contributed by atoms with Crippen LogP contribution in [0.25, 0.3) is 0 Å². The van der Waals surface area contributed by atoms with E-state index < -0.39 is 7.37 Å². The van der Waals surface area contributed by atoms with E-state index in [0.717, 1.165) is 10.6 Å². The highest BCUT2D eigenvalue weighted by molar-refractivity contribution is 7.74. The van der Waals surface area contributed by atoms with Crippen LogP contribution in [-0.2, 0) is 9.09 Å². The van der Waals surface area contributed by atoms with Gasteiger partial charge in [0.15, 0.2) is 0 Å². The van der Waals surface area contributed by atoms with E-state index in [9.17, 15) is 4.57 Å². The average Bonchev–Trinajstić information content (AvgIpc) is 3.08. The molecular weight excluding hydrogens is 279 g/mol. The molecule has 0 spiro atoms. The van der Waals surface area contributed by atoms with E-state index in [2.05, 4.69) is 0 Å². The smallest absolute Gasteiger partial charge is 0.261 e. The molecule has 0 aliphatic heterocycles. The van der Waals surface area contributed by atoms with Crippen LogP contribution in [0.4, 0.5) is 0 Å². The summed E-state index contributed by atoms with van der Waals surface area (Å²) in [6, 6.07) is 19.2. The maximum Gasteiger partial charge on any atom is 0.261 e. The molecule has 3 rings (SSSR count). The van der Waals surface area contributed by atoms with Gasteiger partial charge in [-0.05, 0) is 43.0 Å². The highest BCUT2D eigenvalue weighted by Crippen LogP contribution is 2.45. The van der Waals surface area contributed by atoms with E-state index in [-0.39, 0.29) is 0 Å². The molecule has 1 saturated carbocycles. The second kappa shape index (κ2) is 6.60. The van der Waals surface area contributed by atoms with Crippen molar-refractivity contribution in [3.05, 3.63) is 60.7 Å². The Bertz CT molecular complexity index is 560. The molecule has 1 aliphatic carbocycles. The topological polar surface area (TPSA) is 26.3 Å². The first-order valence-corrected chi connectivity index (χ1v) is 9.27. The van der Waals surface area contributed by atoms with Crippen molar-refractivity contribution in [2.45, 2.75) is 25.7 Å². The molecule has 1 fully saturated rings. The van der Waals surface area contributed by atoms with Crippen LogP contribution in [0.15, 0.2) is 60.7 Å². The van der Waals surface area contributed by atoms with E-state index in [0.29, 0.717) is 12.5 Å². The fourth-order valence-corrected chi connectivity index (χ4v) is 5.08. The summed E-state index contributed by atoms with van der Waals surface area (Å²) < 4.78 is 19.6. The second-order valence-electron chi connectivity index (χ2n) is 5.67. The fourth-order valence-electron chi connectivity index (χ4n) is 2.93. The van der Waals surface area contributed by atoms with Gasteiger partial charge in [-0.2, -0.15) is 0 Å². The maximum atomic E-state index is 13.6. The second-order valence-corrected chi connectivity index (χ2v) is 8.06. The van der Waals surface area contributed by atoms with Gasteiger partial charge in [-0.3, -0.25) is 4.57 Å². The van der Waals surface area contributed by atoms with Crippen molar-refractivity contribution in [2.24, 2.45) is 5.92 Å². The van der Waals surface area contributed by atoms with Crippen molar-refractivity contribution in [1.82, 2.24) is 0 Å². The van der Waals surface area contributed by atoms with Gasteiger partial charge in [0, 0.05) is 10.6 Å². The third-order valence-electron chi connectivity index (χ3n) is 4.16. The highest BCUT2D eigenvalue weighted by Gasteiger charge is 2.30. The van der Waals surface area contributed by atoms with E-state index in [1.165, 1.54) is 25.7 Å². The number of hydrogen-bond acceptors (Lipinski definition) is 2. The van der Waals surface area contributed by atoms with Crippen LogP contribution in [0.2, 0.25) is 0 Å². The monoisotopic (exact) mass is 300 g/mol. The maximum absolute atomic E-state index is 13.6. The van der Waals surface area contributed by atoms with Crippen molar-refractivity contribution in [1.29, 1.82) is 0 Å². The number of rotatable bonds is 5. The molecular formula is C18H21O2P. The van der Waals surface area contributed by atoms with Crippen molar-refractivity contribution in [2.75, 3.05) is 6.61 Å². The first-order valence-electron chi connectivity index (χ1n) is 7.65. The summed E-state index contributed by atoms with van der Waals surface area (Å²) in [6.07, 6.45) is 4.94. The van der Waals surface area contributed by atoms with Crippen molar-refractivity contribution in [3.63, 3.8) is 0 Å². The zero-order valence-electron chi connectivity index (χ0n) is 12.2. The van der Waals surface area contributed by atoms with Crippen LogP contribution >= 0.6 is 7.37 Å². The lowest BCUT2D eigenvalue weighted by atomic mass is 10.1. The molecule has 0 aromatic heterocycles. The predicted octanol–water partition coefficient (Wildman–Crippen LogP) is 4.12. The van der Waals surface area contributed by atoms with Crippen molar-refractivity contribution in [3.8, 4) is 0 Å². The zero-order valence-corrected chi connectivity index (χ0v) is 13.0. The Morgan fingerprint density at radius 2 is 1.33 bits per heavy atom. The average molecular weight is 300 g/mol. The molecule has 2 nitrogen and oxygen atoms in total. The largest absolute Gasteiger partial charge is 0.322 e. The quantitative estimate of drug-likeness (QED) is 0.776. The van der Waals surface area contributed by atoms with E-state index in [1.54, 1.807) is 0 Å². The lowest BCUT2D eigenvalue weighted by Crippen LogP contribution is -2.20. The fraction of sp³-hybridized carbons (Fsp3) is 0.333. The molecule has 1 aliphatic rings. The molecule has 0 saturated heterocycles. The summed E-state index contributed by atoms with van der Waals surface area (Å²) in [7, 11) is -2.98. The lowest BCUT2D eigenvalue weighted by molar-refractivity contribution is 0.261. The third-order valence-corrected chi connectivity index (χ3v) is 6.63. The summed E-state index contributed by atoms with van der Waals surface area (Å²) >= 11 is 0. The number of benzene rings is 2. The lowest BCUT2D eigenvalue weighted by Gasteiger charge is -2.21. The first-order chi connectivity index (χ1) is 10.3. The first kappa shape index (κ1) is 14.6. The molecule has 2 aromatic carbocycles. The van der Waals surface area contributed by atoms with Crippen LogP contribution < -0.4 is 10.6 Å². The Balaban J connectivity index is 1.89. The number of hydrogen-bond donors (Lipinski definition) is 0. The minimum atomic E-state index is -2.98. The van der Waals surface area contributed by atoms with Gasteiger partial charge in [-0.25, -0.2) is 0 Å². The van der Waals surface area contributed by atoms with Crippen LogP contribution in [0, 0.1) is 5.92 Å². The van der Waals surface area contributed by atoms with Gasteiger partial charge in [-0.1, -0.05) is 49.2 Å². The summed E-state index contributed by atoms with van der Waals surface area (Å²) in [5.41, 5.74) is 0. The molecule has 3 heteroatoms. The summed E-state index contributed by atoms with van der Waals surface area (Å²) in [5, 5.41) is 1.57. The minimum Gasteiger partial charge on any atom is -0.322 e. The molecule has 0 heterocycles. The Morgan fingerprint density at radius 3 is 1.81 bits per heavy atom. The van der Waals surface area contributed by atoms with E-state index >= 15 is 0 Å². The molecule has 0 radical (unpaired) electrons. The molecule has 21 heavy (non-hydrogen) atoms. The zero-order chi connectivity index (χ0) is 14.5. The van der Waals surface area contributed by atoms with Crippen molar-refractivity contribution >= 4 is 18.0 Å². The van der Waals surface area contributed by atoms with E-state index in [4.69, 9.17) is 4.52 Å². The minimum absolute atomic E-state index is 0.561. The molecule has 0 atom stereocenters. The van der Waals surface area contributed by atoms with Gasteiger partial charge in [0.2, 0.25) is 0 Å². The van der Waals surface area contributed by atoms with Gasteiger partial charge < -0.3 is 4.52 Å². The standard InChI is InChI=1S/C18H21O2P/c19-21(17-11-3-1-4-12-17,18-13-5-2-6-14-18)20-15-16-9-7-8-10-16/h1-6,11-14,16H,7-10,15H2. The normalized spacial score (nSPS) is 16.2. The third kappa shape index (κ3) is 3.28. The van der Waals surface area contributed by atoms with Gasteiger partial charge in [-0.15, -0.1) is 0 Å². The van der Waals surface area contributed by atoms with Crippen LogP contribution in [-0.4, -0.2) is 6.61 Å². The molecule has 0 unspecified atom stereocenters. The Labute approximate surface area is 126 Å². The van der Waals surface area contributed by atoms with Gasteiger partial charge in [0.1, 0.15) is 0 Å². The molecule has 2 aromatic rings. The highest BCUT2D eigenvalue weighted by atomic mass is 31.2. The summed E-state index contributed by atoms with van der Waals surface area (Å²) in [6.45, 7) is 0.598. The summed E-state index contributed by atoms with van der Waals surface area (Å²) in [5.74, 6) is 0.561. The Kier molecular flexibility index (Phi) is 4.57.